The Morgan fingerprint density at radius 3 is 2.63 bits per heavy atom. The van der Waals surface area contributed by atoms with Gasteiger partial charge in [-0.3, -0.25) is 9.59 Å². The molecule has 0 saturated carbocycles. The van der Waals surface area contributed by atoms with Crippen LogP contribution in [-0.2, 0) is 22.8 Å². The summed E-state index contributed by atoms with van der Waals surface area (Å²) in [7, 11) is 1.53. The van der Waals surface area contributed by atoms with Crippen molar-refractivity contribution < 1.29 is 18.3 Å². The Kier molecular flexibility index (Phi) is 5.15. The van der Waals surface area contributed by atoms with E-state index in [1.165, 1.54) is 47.9 Å². The standard InChI is InChI=1S/C21H20ClF2N3O3/c1-21(24)10-27(11-21)18(28)9-25-6-5-17-19(20(25)29)14(8-26(17)12-30-2)13-3-4-16(23)15(22)7-13/h3-8H,9-12H2,1-2H3. The molecule has 30 heavy (non-hydrogen) atoms. The summed E-state index contributed by atoms with van der Waals surface area (Å²) in [5, 5.41) is 0.308. The Balaban J connectivity index is 1.78. The number of hydrogen-bond acceptors (Lipinski definition) is 3. The predicted molar refractivity (Wildman–Crippen MR) is 110 cm³/mol. The number of benzene rings is 1. The van der Waals surface area contributed by atoms with Gasteiger partial charge in [0.1, 0.15) is 24.8 Å². The first kappa shape index (κ1) is 20.6. The van der Waals surface area contributed by atoms with Gasteiger partial charge in [0.25, 0.3) is 5.56 Å². The summed E-state index contributed by atoms with van der Waals surface area (Å²) >= 11 is 5.93. The van der Waals surface area contributed by atoms with E-state index in [4.69, 9.17) is 16.3 Å². The molecule has 0 radical (unpaired) electrons. The highest BCUT2D eigenvalue weighted by Gasteiger charge is 2.41. The monoisotopic (exact) mass is 435 g/mol. The van der Waals surface area contributed by atoms with Gasteiger partial charge in [-0.25, -0.2) is 8.78 Å². The number of halogens is 3. The molecule has 3 heterocycles. The summed E-state index contributed by atoms with van der Waals surface area (Å²) in [4.78, 5) is 27.1. The molecule has 1 fully saturated rings. The molecule has 9 heteroatoms. The smallest absolute Gasteiger partial charge is 0.261 e. The first-order valence-corrected chi connectivity index (χ1v) is 9.71. The van der Waals surface area contributed by atoms with Crippen molar-refractivity contribution in [3.63, 3.8) is 0 Å². The Bertz CT molecular complexity index is 1190. The SMILES string of the molecule is COCn1cc(-c2ccc(F)c(Cl)c2)c2c(=O)n(CC(=O)N3CC(C)(F)C3)ccc21. The lowest BCUT2D eigenvalue weighted by Gasteiger charge is -2.42. The topological polar surface area (TPSA) is 56.5 Å². The molecule has 1 aromatic carbocycles. The van der Waals surface area contributed by atoms with E-state index in [1.807, 2.05) is 0 Å². The number of amides is 1. The van der Waals surface area contributed by atoms with Crippen molar-refractivity contribution in [3.05, 3.63) is 57.9 Å². The lowest BCUT2D eigenvalue weighted by atomic mass is 9.99. The molecule has 0 bridgehead atoms. The fraction of sp³-hybridized carbons (Fsp3) is 0.333. The number of methoxy groups -OCH3 is 1. The van der Waals surface area contributed by atoms with Crippen molar-refractivity contribution in [2.24, 2.45) is 0 Å². The predicted octanol–water partition coefficient (Wildman–Crippen LogP) is 3.44. The molecule has 0 aliphatic carbocycles. The first-order chi connectivity index (χ1) is 14.2. The highest BCUT2D eigenvalue weighted by molar-refractivity contribution is 6.31. The lowest BCUT2D eigenvalue weighted by Crippen LogP contribution is -2.60. The molecule has 0 atom stereocenters. The first-order valence-electron chi connectivity index (χ1n) is 9.33. The molecule has 1 saturated heterocycles. The van der Waals surface area contributed by atoms with Crippen LogP contribution in [0.5, 0.6) is 0 Å². The molecule has 2 aromatic heterocycles. The van der Waals surface area contributed by atoms with Crippen molar-refractivity contribution >= 4 is 28.4 Å². The van der Waals surface area contributed by atoms with Crippen molar-refractivity contribution in [1.29, 1.82) is 0 Å². The molecule has 4 rings (SSSR count). The van der Waals surface area contributed by atoms with Crippen molar-refractivity contribution in [2.75, 3.05) is 20.2 Å². The number of nitrogens with zero attached hydrogens (tertiary/aromatic N) is 3. The largest absolute Gasteiger partial charge is 0.364 e. The third-order valence-corrected chi connectivity index (χ3v) is 5.49. The zero-order valence-electron chi connectivity index (χ0n) is 16.5. The number of ether oxygens (including phenoxy) is 1. The van der Waals surface area contributed by atoms with E-state index >= 15 is 0 Å². The molecular weight excluding hydrogens is 416 g/mol. The second-order valence-corrected chi connectivity index (χ2v) is 8.14. The summed E-state index contributed by atoms with van der Waals surface area (Å²) in [6.07, 6.45) is 3.26. The Hall–Kier alpha value is -2.71. The van der Waals surface area contributed by atoms with Crippen LogP contribution < -0.4 is 5.56 Å². The normalized spacial score (nSPS) is 15.4. The van der Waals surface area contributed by atoms with E-state index < -0.39 is 11.5 Å². The molecule has 158 valence electrons. The van der Waals surface area contributed by atoms with E-state index in [1.54, 1.807) is 16.8 Å². The minimum absolute atomic E-state index is 0.0202. The number of alkyl halides is 1. The fourth-order valence-electron chi connectivity index (χ4n) is 3.77. The van der Waals surface area contributed by atoms with Gasteiger partial charge in [-0.2, -0.15) is 0 Å². The van der Waals surface area contributed by atoms with Crippen LogP contribution in [0.2, 0.25) is 5.02 Å². The van der Waals surface area contributed by atoms with Gasteiger partial charge in [0.15, 0.2) is 0 Å². The van der Waals surface area contributed by atoms with Crippen LogP contribution in [-0.4, -0.2) is 45.8 Å². The van der Waals surface area contributed by atoms with Gasteiger partial charge in [0.05, 0.1) is 29.0 Å². The molecule has 3 aromatic rings. The average molecular weight is 436 g/mol. The number of hydrogen-bond donors (Lipinski definition) is 0. The van der Waals surface area contributed by atoms with Gasteiger partial charge in [0.2, 0.25) is 5.91 Å². The fourth-order valence-corrected chi connectivity index (χ4v) is 3.95. The van der Waals surface area contributed by atoms with Crippen LogP contribution in [0.25, 0.3) is 22.0 Å². The summed E-state index contributed by atoms with van der Waals surface area (Å²) in [6, 6.07) is 5.94. The van der Waals surface area contributed by atoms with Gasteiger partial charge in [-0.15, -0.1) is 0 Å². The maximum atomic E-state index is 13.7. The van der Waals surface area contributed by atoms with Gasteiger partial charge in [0, 0.05) is 25.1 Å². The zero-order valence-corrected chi connectivity index (χ0v) is 17.2. The second kappa shape index (κ2) is 7.52. The zero-order chi connectivity index (χ0) is 21.6. The van der Waals surface area contributed by atoms with Crippen LogP contribution in [0, 0.1) is 5.82 Å². The van der Waals surface area contributed by atoms with Gasteiger partial charge >= 0.3 is 0 Å². The number of carbonyl (C=O) groups is 1. The van der Waals surface area contributed by atoms with Crippen LogP contribution in [0.1, 0.15) is 6.92 Å². The molecule has 6 nitrogen and oxygen atoms in total. The number of pyridine rings is 1. The summed E-state index contributed by atoms with van der Waals surface area (Å²) in [5.74, 6) is -0.882. The molecule has 1 aliphatic rings. The Morgan fingerprint density at radius 2 is 2.00 bits per heavy atom. The number of fused-ring (bicyclic) bond motifs is 1. The van der Waals surface area contributed by atoms with E-state index in [-0.39, 0.29) is 42.9 Å². The van der Waals surface area contributed by atoms with Crippen LogP contribution in [0.3, 0.4) is 0 Å². The van der Waals surface area contributed by atoms with E-state index in [0.717, 1.165) is 0 Å². The molecule has 1 amide bonds. The maximum absolute atomic E-state index is 13.7. The minimum atomic E-state index is -1.38. The number of likely N-dealkylation sites (tertiary alicyclic amines) is 1. The van der Waals surface area contributed by atoms with Crippen LogP contribution in [0.15, 0.2) is 41.5 Å². The third kappa shape index (κ3) is 3.61. The van der Waals surface area contributed by atoms with Crippen LogP contribution in [0.4, 0.5) is 8.78 Å². The Morgan fingerprint density at radius 1 is 1.27 bits per heavy atom. The van der Waals surface area contributed by atoms with Gasteiger partial charge in [-0.1, -0.05) is 17.7 Å². The number of carbonyl (C=O) groups excluding carboxylic acids is 1. The van der Waals surface area contributed by atoms with E-state index in [0.29, 0.717) is 22.0 Å². The van der Waals surface area contributed by atoms with Crippen molar-refractivity contribution in [2.45, 2.75) is 25.9 Å². The van der Waals surface area contributed by atoms with Crippen LogP contribution >= 0.6 is 11.6 Å². The molecule has 0 N–H and O–H groups in total. The van der Waals surface area contributed by atoms with Gasteiger partial charge < -0.3 is 18.8 Å². The molecule has 0 spiro atoms. The molecular formula is C21H20ClF2N3O3. The van der Waals surface area contributed by atoms with Crippen molar-refractivity contribution in [3.8, 4) is 11.1 Å². The molecule has 0 unspecified atom stereocenters. The average Bonchev–Trinajstić information content (AvgIpc) is 3.03. The van der Waals surface area contributed by atoms with E-state index in [9.17, 15) is 18.4 Å². The second-order valence-electron chi connectivity index (χ2n) is 7.73. The van der Waals surface area contributed by atoms with E-state index in [2.05, 4.69) is 0 Å². The van der Waals surface area contributed by atoms with Gasteiger partial charge in [-0.05, 0) is 30.7 Å². The summed E-state index contributed by atoms with van der Waals surface area (Å²) in [6.45, 7) is 1.49. The van der Waals surface area contributed by atoms with Crippen molar-refractivity contribution in [1.82, 2.24) is 14.0 Å². The molecule has 1 aliphatic heterocycles. The summed E-state index contributed by atoms with van der Waals surface area (Å²) < 4.78 is 35.6. The lowest BCUT2D eigenvalue weighted by molar-refractivity contribution is -0.144. The number of rotatable bonds is 5. The third-order valence-electron chi connectivity index (χ3n) is 5.21. The number of aromatic nitrogens is 2. The Labute approximate surface area is 176 Å². The highest BCUT2D eigenvalue weighted by Crippen LogP contribution is 2.31. The maximum Gasteiger partial charge on any atom is 0.261 e. The quantitative estimate of drug-likeness (QED) is 0.617. The highest BCUT2D eigenvalue weighted by atomic mass is 35.5. The minimum Gasteiger partial charge on any atom is -0.364 e. The summed E-state index contributed by atoms with van der Waals surface area (Å²) in [5.41, 5.74) is -0.0258.